The van der Waals surface area contributed by atoms with Gasteiger partial charge in [-0.05, 0) is 158 Å². The van der Waals surface area contributed by atoms with Crippen LogP contribution in [0.25, 0.3) is 110 Å². The fourth-order valence-electron chi connectivity index (χ4n) is 10.8. The molecule has 0 aromatic heterocycles. The molecule has 0 amide bonds. The smallest absolute Gasteiger partial charge is 0.0462 e. The Labute approximate surface area is 414 Å². The van der Waals surface area contributed by atoms with Crippen molar-refractivity contribution in [2.24, 2.45) is 0 Å². The average Bonchev–Trinajstić information content (AvgIpc) is 3.46. The van der Waals surface area contributed by atoms with Crippen LogP contribution in [0.15, 0.2) is 285 Å². The molecule has 0 fully saturated rings. The summed E-state index contributed by atoms with van der Waals surface area (Å²) in [4.78, 5) is 2.38. The maximum Gasteiger partial charge on any atom is 0.0462 e. The van der Waals surface area contributed by atoms with Crippen molar-refractivity contribution in [1.29, 1.82) is 0 Å². The van der Waals surface area contributed by atoms with Crippen molar-refractivity contribution >= 4 is 60.2 Å². The summed E-state index contributed by atoms with van der Waals surface area (Å²) < 4.78 is 0. The van der Waals surface area contributed by atoms with Crippen molar-refractivity contribution in [2.45, 2.75) is 0 Å². The highest BCUT2D eigenvalue weighted by molar-refractivity contribution is 6.25. The summed E-state index contributed by atoms with van der Waals surface area (Å²) >= 11 is 0. The molecule has 1 heteroatoms. The van der Waals surface area contributed by atoms with E-state index in [4.69, 9.17) is 0 Å². The molecule has 71 heavy (non-hydrogen) atoms. The van der Waals surface area contributed by atoms with Crippen molar-refractivity contribution in [3.05, 3.63) is 285 Å². The number of rotatable bonds is 9. The van der Waals surface area contributed by atoms with Crippen LogP contribution >= 0.6 is 0 Å². The second kappa shape index (κ2) is 18.0. The summed E-state index contributed by atoms with van der Waals surface area (Å²) in [6.45, 7) is 0. The molecule has 0 bridgehead atoms. The predicted molar refractivity (Wildman–Crippen MR) is 304 cm³/mol. The van der Waals surface area contributed by atoms with Crippen molar-refractivity contribution < 1.29 is 0 Å². The molecule has 1 nitrogen and oxygen atoms in total. The maximum atomic E-state index is 2.38. The first-order valence-electron chi connectivity index (χ1n) is 24.5. The number of hydrogen-bond donors (Lipinski definition) is 0. The molecule has 13 aromatic carbocycles. The first-order chi connectivity index (χ1) is 35.2. The molecule has 0 heterocycles. The molecule has 13 aromatic rings. The number of benzene rings is 13. The molecular formula is C70H47N. The Morgan fingerprint density at radius 1 is 0.183 bits per heavy atom. The zero-order valence-electron chi connectivity index (χ0n) is 39.1. The van der Waals surface area contributed by atoms with Gasteiger partial charge in [-0.3, -0.25) is 0 Å². The topological polar surface area (TPSA) is 3.24 Å². The van der Waals surface area contributed by atoms with Crippen molar-refractivity contribution in [3.63, 3.8) is 0 Å². The van der Waals surface area contributed by atoms with Gasteiger partial charge in [-0.15, -0.1) is 0 Å². The molecule has 0 saturated heterocycles. The molecular weight excluding hydrogens is 855 g/mol. The molecule has 0 spiro atoms. The van der Waals surface area contributed by atoms with Gasteiger partial charge < -0.3 is 4.90 Å². The third-order valence-corrected chi connectivity index (χ3v) is 14.3. The van der Waals surface area contributed by atoms with Gasteiger partial charge in [0.1, 0.15) is 0 Å². The van der Waals surface area contributed by atoms with E-state index >= 15 is 0 Å². The van der Waals surface area contributed by atoms with Gasteiger partial charge in [0, 0.05) is 17.1 Å². The van der Waals surface area contributed by atoms with E-state index in [0.29, 0.717) is 0 Å². The van der Waals surface area contributed by atoms with E-state index in [1.807, 2.05) is 0 Å². The second-order valence-electron chi connectivity index (χ2n) is 18.4. The van der Waals surface area contributed by atoms with Crippen molar-refractivity contribution in [2.75, 3.05) is 4.90 Å². The Morgan fingerprint density at radius 3 is 1.08 bits per heavy atom. The van der Waals surface area contributed by atoms with E-state index in [1.165, 1.54) is 104 Å². The molecule has 0 aliphatic carbocycles. The Balaban J connectivity index is 0.911. The summed E-state index contributed by atoms with van der Waals surface area (Å²) in [6, 6.07) is 104. The number of nitrogens with zero attached hydrogens (tertiary/aromatic N) is 1. The minimum absolute atomic E-state index is 1.08. The van der Waals surface area contributed by atoms with E-state index in [2.05, 4.69) is 290 Å². The quantitative estimate of drug-likeness (QED) is 0.131. The largest absolute Gasteiger partial charge is 0.311 e. The summed E-state index contributed by atoms with van der Waals surface area (Å²) in [5.41, 5.74) is 17.7. The monoisotopic (exact) mass is 901 g/mol. The van der Waals surface area contributed by atoms with Crippen LogP contribution < -0.4 is 4.90 Å². The van der Waals surface area contributed by atoms with Crippen molar-refractivity contribution in [3.8, 4) is 66.8 Å². The van der Waals surface area contributed by atoms with Gasteiger partial charge in [0.05, 0.1) is 0 Å². The van der Waals surface area contributed by atoms with Gasteiger partial charge in [0.15, 0.2) is 0 Å². The van der Waals surface area contributed by atoms with Crippen LogP contribution in [-0.2, 0) is 0 Å². The molecule has 0 aliphatic rings. The molecule has 0 N–H and O–H groups in total. The van der Waals surface area contributed by atoms with Gasteiger partial charge >= 0.3 is 0 Å². The van der Waals surface area contributed by atoms with E-state index in [1.54, 1.807) is 0 Å². The number of fused-ring (bicyclic) bond motifs is 7. The van der Waals surface area contributed by atoms with Crippen LogP contribution in [0.5, 0.6) is 0 Å². The minimum atomic E-state index is 1.08. The summed E-state index contributed by atoms with van der Waals surface area (Å²) in [5.74, 6) is 0. The van der Waals surface area contributed by atoms with Gasteiger partial charge in [0.2, 0.25) is 0 Å². The van der Waals surface area contributed by atoms with Crippen LogP contribution in [0, 0.1) is 0 Å². The highest BCUT2D eigenvalue weighted by Gasteiger charge is 2.18. The lowest BCUT2D eigenvalue weighted by Crippen LogP contribution is -2.09. The van der Waals surface area contributed by atoms with Gasteiger partial charge in [-0.1, -0.05) is 237 Å². The first kappa shape index (κ1) is 41.9. The molecule has 0 unspecified atom stereocenters. The molecule has 13 rings (SSSR count). The second-order valence-corrected chi connectivity index (χ2v) is 18.4. The van der Waals surface area contributed by atoms with Crippen LogP contribution in [0.4, 0.5) is 17.1 Å². The lowest BCUT2D eigenvalue weighted by molar-refractivity contribution is 1.28. The van der Waals surface area contributed by atoms with Crippen LogP contribution in [-0.4, -0.2) is 0 Å². The molecule has 0 saturated carbocycles. The average molecular weight is 902 g/mol. The number of anilines is 3. The van der Waals surface area contributed by atoms with Crippen molar-refractivity contribution in [1.82, 2.24) is 0 Å². The fraction of sp³-hybridized carbons (Fsp3) is 0. The summed E-state index contributed by atoms with van der Waals surface area (Å²) in [5, 5.41) is 10.2. The lowest BCUT2D eigenvalue weighted by Gasteiger charge is -2.26. The summed E-state index contributed by atoms with van der Waals surface area (Å²) in [6.07, 6.45) is 0. The van der Waals surface area contributed by atoms with E-state index in [-0.39, 0.29) is 0 Å². The van der Waals surface area contributed by atoms with Crippen LogP contribution in [0.3, 0.4) is 0 Å². The molecule has 0 atom stereocenters. The lowest BCUT2D eigenvalue weighted by atomic mass is 9.89. The van der Waals surface area contributed by atoms with Crippen LogP contribution in [0.2, 0.25) is 0 Å². The van der Waals surface area contributed by atoms with Crippen LogP contribution in [0.1, 0.15) is 0 Å². The normalized spacial score (nSPS) is 11.4. The fourth-order valence-corrected chi connectivity index (χ4v) is 10.8. The number of hydrogen-bond acceptors (Lipinski definition) is 1. The molecule has 332 valence electrons. The SMILES string of the molecule is c1ccc(-c2ccc(-c3ccc(N(c4ccc(-c5ccc6c7ccccc7c7ccccc7c6c5)cc4)c4ccc(-c5c(-c6ccccc6)ccc6ccccc56)cc4)cc3)cc2-c2ccccc2)cc1. The van der Waals surface area contributed by atoms with E-state index in [9.17, 15) is 0 Å². The Hall–Kier alpha value is -9.30. The molecule has 0 aliphatic heterocycles. The zero-order chi connectivity index (χ0) is 47.1. The van der Waals surface area contributed by atoms with Gasteiger partial charge in [0.25, 0.3) is 0 Å². The standard InChI is InChI=1S/C70H47N/c1-4-16-50(17-5-1)60-43-35-55(46-68(60)52-20-8-3-9-21-52)48-28-37-57(38-29-48)71(59-41-32-54(33-42-59)70-61-23-11-10-22-53(61)34-44-62(70)51-18-6-2-7-19-51)58-39-30-49(31-40-58)56-36-45-67-65-26-13-12-24-63(65)64-25-14-15-27-66(64)69(67)47-56/h1-47H. The minimum Gasteiger partial charge on any atom is -0.311 e. The predicted octanol–water partition coefficient (Wildman–Crippen LogP) is 19.8. The van der Waals surface area contributed by atoms with Gasteiger partial charge in [-0.25, -0.2) is 0 Å². The van der Waals surface area contributed by atoms with E-state index < -0.39 is 0 Å². The third kappa shape index (κ3) is 7.71. The highest BCUT2D eigenvalue weighted by Crippen LogP contribution is 2.43. The third-order valence-electron chi connectivity index (χ3n) is 14.3. The zero-order valence-corrected chi connectivity index (χ0v) is 39.1. The maximum absolute atomic E-state index is 2.38. The Kier molecular flexibility index (Phi) is 10.6. The molecule has 0 radical (unpaired) electrons. The Bertz CT molecular complexity index is 4010. The Morgan fingerprint density at radius 2 is 0.549 bits per heavy atom. The summed E-state index contributed by atoms with van der Waals surface area (Å²) in [7, 11) is 0. The first-order valence-corrected chi connectivity index (χ1v) is 24.5. The van der Waals surface area contributed by atoms with Gasteiger partial charge in [-0.2, -0.15) is 0 Å². The highest BCUT2D eigenvalue weighted by atomic mass is 15.1. The van der Waals surface area contributed by atoms with E-state index in [0.717, 1.165) is 22.6 Å².